The molecule has 1 N–H and O–H groups in total. The van der Waals surface area contributed by atoms with Gasteiger partial charge in [-0.2, -0.15) is 0 Å². The minimum atomic E-state index is -0.954. The van der Waals surface area contributed by atoms with Crippen LogP contribution in [0.15, 0.2) is 12.5 Å². The van der Waals surface area contributed by atoms with E-state index in [1.54, 1.807) is 0 Å². The van der Waals surface area contributed by atoms with Crippen LogP contribution in [0.25, 0.3) is 0 Å². The van der Waals surface area contributed by atoms with Gasteiger partial charge in [0.2, 0.25) is 0 Å². The van der Waals surface area contributed by atoms with Crippen LogP contribution in [0.5, 0.6) is 0 Å². The maximum absolute atomic E-state index is 11.1. The lowest BCUT2D eigenvalue weighted by molar-refractivity contribution is 0.0692. The molecular weight excluding hydrogens is 242 g/mol. The summed E-state index contributed by atoms with van der Waals surface area (Å²) in [6, 6.07) is 0.541. The molecule has 0 unspecified atom stereocenters. The minimum absolute atomic E-state index is 0.211. The van der Waals surface area contributed by atoms with Crippen LogP contribution < -0.4 is 0 Å². The number of aromatic nitrogens is 2. The zero-order chi connectivity index (χ0) is 13.7. The van der Waals surface area contributed by atoms with E-state index in [1.807, 2.05) is 0 Å². The smallest absolute Gasteiger partial charge is 0.339 e. The molecule has 1 aliphatic rings. The second-order valence-corrected chi connectivity index (χ2v) is 5.25. The van der Waals surface area contributed by atoms with Crippen LogP contribution in [0, 0.1) is 0 Å². The number of nitrogens with zero attached hydrogens (tertiary/aromatic N) is 3. The average Bonchev–Trinajstić information content (AvgIpc) is 2.68. The molecule has 0 radical (unpaired) electrons. The Morgan fingerprint density at radius 1 is 1.37 bits per heavy atom. The molecule has 1 aromatic heterocycles. The fourth-order valence-electron chi connectivity index (χ4n) is 2.72. The van der Waals surface area contributed by atoms with Crippen LogP contribution in [-0.4, -0.2) is 39.0 Å². The maximum Gasteiger partial charge on any atom is 0.339 e. The highest BCUT2D eigenvalue weighted by Gasteiger charge is 2.20. The molecular formula is C14H21N3O2. The molecule has 1 saturated carbocycles. The Morgan fingerprint density at radius 3 is 2.68 bits per heavy atom. The number of carbonyl (C=O) groups is 1. The molecule has 1 fully saturated rings. The van der Waals surface area contributed by atoms with Gasteiger partial charge in [0.1, 0.15) is 11.9 Å². The first-order chi connectivity index (χ1) is 9.18. The van der Waals surface area contributed by atoms with Gasteiger partial charge in [0.25, 0.3) is 0 Å². The van der Waals surface area contributed by atoms with E-state index in [2.05, 4.69) is 21.9 Å². The van der Waals surface area contributed by atoms with Crippen LogP contribution in [0.3, 0.4) is 0 Å². The Hall–Kier alpha value is -1.49. The summed E-state index contributed by atoms with van der Waals surface area (Å²) < 4.78 is 0. The van der Waals surface area contributed by atoms with Gasteiger partial charge in [-0.25, -0.2) is 14.8 Å². The summed E-state index contributed by atoms with van der Waals surface area (Å²) >= 11 is 0. The minimum Gasteiger partial charge on any atom is -0.478 e. The van der Waals surface area contributed by atoms with E-state index < -0.39 is 5.97 Å². The third-order valence-corrected chi connectivity index (χ3v) is 3.87. The van der Waals surface area contributed by atoms with E-state index in [9.17, 15) is 4.79 Å². The molecule has 1 aliphatic carbocycles. The lowest BCUT2D eigenvalue weighted by Gasteiger charge is -2.26. The highest BCUT2D eigenvalue weighted by Crippen LogP contribution is 2.22. The van der Waals surface area contributed by atoms with Gasteiger partial charge in [-0.1, -0.05) is 25.7 Å². The summed E-state index contributed by atoms with van der Waals surface area (Å²) in [5.41, 5.74) is 0.817. The van der Waals surface area contributed by atoms with E-state index in [1.165, 1.54) is 51.0 Å². The number of carboxylic acid groups (broad SMARTS) is 1. The summed E-state index contributed by atoms with van der Waals surface area (Å²) in [5.74, 6) is -0.954. The van der Waals surface area contributed by atoms with Crippen molar-refractivity contribution >= 4 is 5.97 Å². The topological polar surface area (TPSA) is 66.3 Å². The average molecular weight is 263 g/mol. The highest BCUT2D eigenvalue weighted by molar-refractivity contribution is 5.88. The van der Waals surface area contributed by atoms with Gasteiger partial charge < -0.3 is 5.11 Å². The van der Waals surface area contributed by atoms with Gasteiger partial charge in [0.15, 0.2) is 0 Å². The first kappa shape index (κ1) is 13.9. The number of hydrogen-bond donors (Lipinski definition) is 1. The zero-order valence-electron chi connectivity index (χ0n) is 11.4. The summed E-state index contributed by atoms with van der Waals surface area (Å²) in [7, 11) is 2.06. The van der Waals surface area contributed by atoms with Crippen molar-refractivity contribution in [2.75, 3.05) is 7.05 Å². The van der Waals surface area contributed by atoms with Gasteiger partial charge in [-0.05, 0) is 19.9 Å². The second kappa shape index (κ2) is 6.61. The van der Waals surface area contributed by atoms with E-state index in [0.717, 1.165) is 0 Å². The van der Waals surface area contributed by atoms with E-state index in [-0.39, 0.29) is 5.56 Å². The largest absolute Gasteiger partial charge is 0.478 e. The molecule has 0 spiro atoms. The number of carboxylic acids is 1. The van der Waals surface area contributed by atoms with E-state index in [4.69, 9.17) is 5.11 Å². The standard InChI is InChI=1S/C14H21N3O2/c1-17(11-6-4-2-3-5-7-11)9-13-12(14(18)19)8-15-10-16-13/h8,10-11H,2-7,9H2,1H3,(H,18,19). The molecule has 0 aliphatic heterocycles. The first-order valence-electron chi connectivity index (χ1n) is 6.91. The monoisotopic (exact) mass is 263 g/mol. The number of aromatic carboxylic acids is 1. The van der Waals surface area contributed by atoms with Crippen LogP contribution in [0.1, 0.15) is 54.6 Å². The van der Waals surface area contributed by atoms with Crippen molar-refractivity contribution in [1.82, 2.24) is 14.9 Å². The maximum atomic E-state index is 11.1. The quantitative estimate of drug-likeness (QED) is 0.844. The van der Waals surface area contributed by atoms with Crippen LogP contribution in [-0.2, 0) is 6.54 Å². The summed E-state index contributed by atoms with van der Waals surface area (Å²) in [6.45, 7) is 0.578. The van der Waals surface area contributed by atoms with Crippen molar-refractivity contribution in [2.45, 2.75) is 51.1 Å². The molecule has 0 saturated heterocycles. The molecule has 19 heavy (non-hydrogen) atoms. The first-order valence-corrected chi connectivity index (χ1v) is 6.91. The second-order valence-electron chi connectivity index (χ2n) is 5.25. The predicted octanol–water partition coefficient (Wildman–Crippen LogP) is 2.33. The van der Waals surface area contributed by atoms with E-state index >= 15 is 0 Å². The van der Waals surface area contributed by atoms with Crippen molar-refractivity contribution in [1.29, 1.82) is 0 Å². The molecule has 0 aromatic carbocycles. The fourth-order valence-corrected chi connectivity index (χ4v) is 2.72. The number of hydrogen-bond acceptors (Lipinski definition) is 4. The molecule has 104 valence electrons. The third-order valence-electron chi connectivity index (χ3n) is 3.87. The summed E-state index contributed by atoms with van der Waals surface area (Å²) in [6.07, 6.45) is 10.4. The number of rotatable bonds is 4. The van der Waals surface area contributed by atoms with Crippen molar-refractivity contribution in [3.05, 3.63) is 23.8 Å². The van der Waals surface area contributed by atoms with Crippen molar-refractivity contribution < 1.29 is 9.90 Å². The predicted molar refractivity (Wildman–Crippen MR) is 71.9 cm³/mol. The van der Waals surface area contributed by atoms with E-state index in [0.29, 0.717) is 18.3 Å². The molecule has 0 bridgehead atoms. The molecule has 5 nitrogen and oxygen atoms in total. The zero-order valence-corrected chi connectivity index (χ0v) is 11.4. The lowest BCUT2D eigenvalue weighted by atomic mass is 10.1. The molecule has 0 amide bonds. The normalized spacial score (nSPS) is 17.4. The van der Waals surface area contributed by atoms with Crippen LogP contribution in [0.2, 0.25) is 0 Å². The van der Waals surface area contributed by atoms with Gasteiger partial charge in [-0.15, -0.1) is 0 Å². The van der Waals surface area contributed by atoms with Gasteiger partial charge in [-0.3, -0.25) is 4.90 Å². The molecule has 2 rings (SSSR count). The van der Waals surface area contributed by atoms with Crippen molar-refractivity contribution in [3.8, 4) is 0 Å². The molecule has 1 aromatic rings. The van der Waals surface area contributed by atoms with Crippen LogP contribution >= 0.6 is 0 Å². The molecule has 0 atom stereocenters. The van der Waals surface area contributed by atoms with Gasteiger partial charge in [0, 0.05) is 18.8 Å². The summed E-state index contributed by atoms with van der Waals surface area (Å²) in [4.78, 5) is 21.3. The Labute approximate surface area is 113 Å². The van der Waals surface area contributed by atoms with Crippen molar-refractivity contribution in [3.63, 3.8) is 0 Å². The Bertz CT molecular complexity index is 428. The lowest BCUT2D eigenvalue weighted by Crippen LogP contribution is -2.31. The van der Waals surface area contributed by atoms with Gasteiger partial charge in [0.05, 0.1) is 5.69 Å². The Morgan fingerprint density at radius 2 is 2.05 bits per heavy atom. The van der Waals surface area contributed by atoms with Crippen molar-refractivity contribution in [2.24, 2.45) is 0 Å². The Balaban J connectivity index is 2.05. The van der Waals surface area contributed by atoms with Gasteiger partial charge >= 0.3 is 5.97 Å². The molecule has 5 heteroatoms. The van der Waals surface area contributed by atoms with Crippen LogP contribution in [0.4, 0.5) is 0 Å². The fraction of sp³-hybridized carbons (Fsp3) is 0.643. The SMILES string of the molecule is CN(Cc1ncncc1C(=O)O)C1CCCCCC1. The Kier molecular flexibility index (Phi) is 4.85. The third kappa shape index (κ3) is 3.73. The summed E-state index contributed by atoms with van der Waals surface area (Å²) in [5, 5.41) is 9.14. The molecule has 1 heterocycles. The highest BCUT2D eigenvalue weighted by atomic mass is 16.4.